The molecule has 0 radical (unpaired) electrons. The monoisotopic (exact) mass is 534 g/mol. The Kier molecular flexibility index (Phi) is 8.59. The molecule has 4 nitrogen and oxygen atoms in total. The van der Waals surface area contributed by atoms with Gasteiger partial charge in [0, 0.05) is 35.6 Å². The number of carbonyl (C=O) groups excluding carboxylic acids is 2. The van der Waals surface area contributed by atoms with Crippen molar-refractivity contribution in [2.24, 2.45) is 0 Å². The first kappa shape index (κ1) is 27.8. The van der Waals surface area contributed by atoms with Gasteiger partial charge in [-0.05, 0) is 61.6 Å². The second kappa shape index (κ2) is 11.1. The fourth-order valence-corrected chi connectivity index (χ4v) is 4.43. The summed E-state index contributed by atoms with van der Waals surface area (Å²) in [5.74, 6) is -1.08. The zero-order chi connectivity index (χ0) is 26.7. The van der Waals surface area contributed by atoms with Gasteiger partial charge in [0.1, 0.15) is 0 Å². The zero-order valence-corrected chi connectivity index (χ0v) is 20.1. The number of hydrogen-bond donors (Lipinski definition) is 1. The minimum absolute atomic E-state index is 0.00251. The molecular weight excluding hydrogens is 510 g/mol. The number of amides is 2. The van der Waals surface area contributed by atoms with E-state index in [1.165, 1.54) is 4.90 Å². The summed E-state index contributed by atoms with van der Waals surface area (Å²) >= 11 is 5.93. The van der Waals surface area contributed by atoms with E-state index in [1.807, 2.05) is 6.92 Å². The molecule has 0 aromatic heterocycles. The number of piperidine rings is 1. The third-order valence-corrected chi connectivity index (χ3v) is 6.29. The molecule has 0 saturated carbocycles. The Hall–Kier alpha value is -2.75. The number of benzene rings is 2. The summed E-state index contributed by atoms with van der Waals surface area (Å²) < 4.78 is 80.0. The van der Waals surface area contributed by atoms with Crippen LogP contribution in [0.4, 0.5) is 26.3 Å². The third-order valence-electron chi connectivity index (χ3n) is 6.04. The number of carbonyl (C=O) groups is 2. The summed E-state index contributed by atoms with van der Waals surface area (Å²) in [6, 6.07) is 6.81. The third kappa shape index (κ3) is 7.15. The highest BCUT2D eigenvalue weighted by Gasteiger charge is 2.39. The molecule has 11 heteroatoms. The van der Waals surface area contributed by atoms with E-state index in [0.29, 0.717) is 42.8 Å². The van der Waals surface area contributed by atoms with Crippen LogP contribution in [0.15, 0.2) is 42.5 Å². The van der Waals surface area contributed by atoms with Crippen molar-refractivity contribution in [1.29, 1.82) is 0 Å². The lowest BCUT2D eigenvalue weighted by molar-refractivity contribution is -0.143. The molecule has 2 amide bonds. The van der Waals surface area contributed by atoms with Gasteiger partial charge in [-0.1, -0.05) is 30.7 Å². The van der Waals surface area contributed by atoms with Crippen molar-refractivity contribution in [1.82, 2.24) is 10.2 Å². The maximum atomic E-state index is 13.3. The van der Waals surface area contributed by atoms with Gasteiger partial charge in [-0.15, -0.1) is 0 Å². The van der Waals surface area contributed by atoms with Gasteiger partial charge >= 0.3 is 12.4 Å². The van der Waals surface area contributed by atoms with Gasteiger partial charge in [0.25, 0.3) is 5.91 Å². The predicted octanol–water partition coefficient (Wildman–Crippen LogP) is 6.51. The Morgan fingerprint density at radius 2 is 1.58 bits per heavy atom. The average molecular weight is 535 g/mol. The smallest absolute Gasteiger partial charge is 0.353 e. The molecular formula is C25H25ClF6N2O2. The molecule has 1 saturated heterocycles. The highest BCUT2D eigenvalue weighted by molar-refractivity contribution is 6.30. The molecule has 196 valence electrons. The van der Waals surface area contributed by atoms with Gasteiger partial charge in [-0.25, -0.2) is 0 Å². The summed E-state index contributed by atoms with van der Waals surface area (Å²) in [6.45, 7) is 1.92. The molecule has 1 N–H and O–H groups in total. The van der Waals surface area contributed by atoms with Crippen molar-refractivity contribution in [3.05, 3.63) is 69.7 Å². The maximum absolute atomic E-state index is 13.3. The van der Waals surface area contributed by atoms with Gasteiger partial charge in [-0.3, -0.25) is 9.59 Å². The van der Waals surface area contributed by atoms with E-state index >= 15 is 0 Å². The van der Waals surface area contributed by atoms with E-state index in [9.17, 15) is 35.9 Å². The highest BCUT2D eigenvalue weighted by atomic mass is 35.5. The van der Waals surface area contributed by atoms with Gasteiger partial charge < -0.3 is 10.2 Å². The van der Waals surface area contributed by atoms with Crippen LogP contribution in [-0.4, -0.2) is 35.3 Å². The van der Waals surface area contributed by atoms with Crippen molar-refractivity contribution in [3.8, 4) is 0 Å². The molecule has 2 aromatic rings. The first-order valence-electron chi connectivity index (χ1n) is 11.4. The second-order valence-corrected chi connectivity index (χ2v) is 9.25. The highest BCUT2D eigenvalue weighted by Crippen LogP contribution is 2.37. The molecule has 0 spiro atoms. The molecule has 2 aromatic carbocycles. The first-order chi connectivity index (χ1) is 16.8. The Morgan fingerprint density at radius 3 is 2.11 bits per heavy atom. The van der Waals surface area contributed by atoms with Crippen molar-refractivity contribution in [2.75, 3.05) is 6.54 Å². The molecule has 1 fully saturated rings. The van der Waals surface area contributed by atoms with Gasteiger partial charge in [0.2, 0.25) is 5.91 Å². The normalized spacial score (nSPS) is 18.7. The molecule has 1 aliphatic heterocycles. The number of halogens is 7. The maximum Gasteiger partial charge on any atom is 0.416 e. The summed E-state index contributed by atoms with van der Waals surface area (Å²) in [5, 5.41) is 3.40. The minimum Gasteiger partial charge on any atom is -0.353 e. The van der Waals surface area contributed by atoms with Crippen LogP contribution in [0.25, 0.3) is 0 Å². The van der Waals surface area contributed by atoms with Crippen molar-refractivity contribution >= 4 is 23.4 Å². The largest absolute Gasteiger partial charge is 0.416 e. The quantitative estimate of drug-likeness (QED) is 0.430. The molecule has 0 aliphatic carbocycles. The topological polar surface area (TPSA) is 49.4 Å². The van der Waals surface area contributed by atoms with Crippen LogP contribution in [0, 0.1) is 0 Å². The summed E-state index contributed by atoms with van der Waals surface area (Å²) in [4.78, 5) is 26.7. The number of alkyl halides is 6. The van der Waals surface area contributed by atoms with Crippen LogP contribution in [0.2, 0.25) is 5.02 Å². The second-order valence-electron chi connectivity index (χ2n) is 8.82. The van der Waals surface area contributed by atoms with Crippen LogP contribution in [-0.2, 0) is 23.6 Å². The molecule has 1 aliphatic rings. The lowest BCUT2D eigenvalue weighted by atomic mass is 9.91. The minimum atomic E-state index is -5.06. The number of nitrogens with zero attached hydrogens (tertiary/aromatic N) is 1. The lowest BCUT2D eigenvalue weighted by Gasteiger charge is -2.40. The Balaban J connectivity index is 1.94. The standard InChI is InChI=1S/C25H25ClF6N2O2/c1-2-3-22(35)33-20-8-9-34(21(14-20)10-15-4-6-19(26)7-5-15)23(36)16-11-17(24(27,28)29)13-18(12-16)25(30,31)32/h4-7,11-13,20-21H,2-3,8-10,14H2,1H3,(H,33,35)/t20-,21+/m0/s1. The van der Waals surface area contributed by atoms with Crippen molar-refractivity contribution < 1.29 is 35.9 Å². The van der Waals surface area contributed by atoms with Crippen molar-refractivity contribution in [2.45, 2.75) is 63.5 Å². The average Bonchev–Trinajstić information content (AvgIpc) is 2.79. The number of rotatable bonds is 6. The van der Waals surface area contributed by atoms with Crippen LogP contribution in [0.5, 0.6) is 0 Å². The fourth-order valence-electron chi connectivity index (χ4n) is 4.31. The van der Waals surface area contributed by atoms with Gasteiger partial charge in [0.15, 0.2) is 0 Å². The van der Waals surface area contributed by atoms with Crippen LogP contribution in [0.1, 0.15) is 59.7 Å². The first-order valence-corrected chi connectivity index (χ1v) is 11.8. The molecule has 36 heavy (non-hydrogen) atoms. The van der Waals surface area contributed by atoms with Crippen molar-refractivity contribution in [3.63, 3.8) is 0 Å². The summed E-state index contributed by atoms with van der Waals surface area (Å²) in [6.07, 6.45) is -8.24. The molecule has 1 heterocycles. The van der Waals surface area contributed by atoms with Gasteiger partial charge in [-0.2, -0.15) is 26.3 Å². The van der Waals surface area contributed by atoms with Crippen LogP contribution < -0.4 is 5.32 Å². The van der Waals surface area contributed by atoms with Gasteiger partial charge in [0.05, 0.1) is 11.1 Å². The van der Waals surface area contributed by atoms with Crippen LogP contribution >= 0.6 is 11.6 Å². The van der Waals surface area contributed by atoms with E-state index in [-0.39, 0.29) is 31.0 Å². The molecule has 2 atom stereocenters. The van der Waals surface area contributed by atoms with E-state index < -0.39 is 41.0 Å². The molecule has 3 rings (SSSR count). The van der Waals surface area contributed by atoms with Crippen LogP contribution in [0.3, 0.4) is 0 Å². The van der Waals surface area contributed by atoms with E-state index in [4.69, 9.17) is 11.6 Å². The van der Waals surface area contributed by atoms with E-state index in [0.717, 1.165) is 5.56 Å². The van der Waals surface area contributed by atoms with E-state index in [2.05, 4.69) is 5.32 Å². The number of hydrogen-bond acceptors (Lipinski definition) is 2. The fraction of sp³-hybridized carbons (Fsp3) is 0.440. The lowest BCUT2D eigenvalue weighted by Crippen LogP contribution is -2.52. The Labute approximate surface area is 209 Å². The Morgan fingerprint density at radius 1 is 1.00 bits per heavy atom. The number of nitrogens with one attached hydrogen (secondary N) is 1. The summed E-state index contributed by atoms with van der Waals surface area (Å²) in [7, 11) is 0. The predicted molar refractivity (Wildman–Crippen MR) is 122 cm³/mol. The molecule has 0 unspecified atom stereocenters. The molecule has 0 bridgehead atoms. The Bertz CT molecular complexity index is 1050. The van der Waals surface area contributed by atoms with E-state index in [1.54, 1.807) is 24.3 Å². The summed E-state index contributed by atoms with van der Waals surface area (Å²) in [5.41, 5.74) is -3.00. The number of likely N-dealkylation sites (tertiary alicyclic amines) is 1. The zero-order valence-electron chi connectivity index (χ0n) is 19.3. The SMILES string of the molecule is CCCC(=O)N[C@H]1CCN(C(=O)c2cc(C(F)(F)F)cc(C(F)(F)F)c2)[C@H](Cc2ccc(Cl)cc2)C1.